The summed E-state index contributed by atoms with van der Waals surface area (Å²) in [4.78, 5) is 14.2. The molecule has 4 heteroatoms. The van der Waals surface area contributed by atoms with Crippen molar-refractivity contribution in [2.24, 2.45) is 7.05 Å². The Morgan fingerprint density at radius 1 is 1.75 bits per heavy atom. The Morgan fingerprint density at radius 2 is 2.50 bits per heavy atom. The highest BCUT2D eigenvalue weighted by Crippen LogP contribution is 1.99. The number of hydrogen-bond acceptors (Lipinski definition) is 2. The molecule has 12 heavy (non-hydrogen) atoms. The molecule has 1 aromatic heterocycles. The molecule has 0 aliphatic carbocycles. The molecule has 0 spiro atoms. The van der Waals surface area contributed by atoms with Crippen LogP contribution in [0.5, 0.6) is 0 Å². The first kappa shape index (κ1) is 8.77. The van der Waals surface area contributed by atoms with E-state index in [1.165, 1.54) is 0 Å². The lowest BCUT2D eigenvalue weighted by atomic mass is 10.3. The first-order valence-electron chi connectivity index (χ1n) is 3.90. The second-order valence-electron chi connectivity index (χ2n) is 2.71. The number of carbonyl (C=O) groups is 1. The van der Waals surface area contributed by atoms with Gasteiger partial charge in [0, 0.05) is 26.2 Å². The monoisotopic (exact) mass is 167 g/mol. The Morgan fingerprint density at radius 3 is 3.00 bits per heavy atom. The molecule has 0 atom stereocenters. The van der Waals surface area contributed by atoms with Crippen molar-refractivity contribution in [2.45, 2.75) is 13.3 Å². The van der Waals surface area contributed by atoms with Crippen LogP contribution in [-0.2, 0) is 18.3 Å². The number of aryl methyl sites for hydroxylation is 2. The maximum Gasteiger partial charge on any atom is 0.207 e. The van der Waals surface area contributed by atoms with Gasteiger partial charge in [-0.2, -0.15) is 0 Å². The van der Waals surface area contributed by atoms with Crippen LogP contribution in [0.1, 0.15) is 11.5 Å². The number of amides is 1. The number of nitrogens with zero attached hydrogens (tertiary/aromatic N) is 2. The van der Waals surface area contributed by atoms with Gasteiger partial charge in [0.1, 0.15) is 5.82 Å². The van der Waals surface area contributed by atoms with Crippen LogP contribution in [0, 0.1) is 6.92 Å². The number of imidazole rings is 1. The molecule has 1 rings (SSSR count). The van der Waals surface area contributed by atoms with Crippen molar-refractivity contribution >= 4 is 6.41 Å². The van der Waals surface area contributed by atoms with E-state index in [1.54, 1.807) is 0 Å². The smallest absolute Gasteiger partial charge is 0.207 e. The van der Waals surface area contributed by atoms with Crippen molar-refractivity contribution in [2.75, 3.05) is 6.54 Å². The summed E-state index contributed by atoms with van der Waals surface area (Å²) in [5.41, 5.74) is 1.02. The van der Waals surface area contributed by atoms with E-state index in [-0.39, 0.29) is 0 Å². The van der Waals surface area contributed by atoms with Gasteiger partial charge in [-0.05, 0) is 6.92 Å². The molecule has 4 nitrogen and oxygen atoms in total. The number of nitrogens with one attached hydrogen (secondary N) is 1. The molecule has 0 unspecified atom stereocenters. The largest absolute Gasteiger partial charge is 0.358 e. The van der Waals surface area contributed by atoms with Crippen LogP contribution in [0.15, 0.2) is 6.20 Å². The van der Waals surface area contributed by atoms with Gasteiger partial charge >= 0.3 is 0 Å². The first-order valence-corrected chi connectivity index (χ1v) is 3.90. The van der Waals surface area contributed by atoms with Gasteiger partial charge in [0.15, 0.2) is 0 Å². The van der Waals surface area contributed by atoms with E-state index in [1.807, 2.05) is 24.7 Å². The zero-order valence-corrected chi connectivity index (χ0v) is 7.37. The van der Waals surface area contributed by atoms with E-state index in [4.69, 9.17) is 0 Å². The summed E-state index contributed by atoms with van der Waals surface area (Å²) in [6, 6.07) is 0. The van der Waals surface area contributed by atoms with Crippen LogP contribution in [0.3, 0.4) is 0 Å². The van der Waals surface area contributed by atoms with Gasteiger partial charge in [0.05, 0.1) is 5.69 Å². The zero-order chi connectivity index (χ0) is 8.97. The van der Waals surface area contributed by atoms with Gasteiger partial charge < -0.3 is 9.88 Å². The van der Waals surface area contributed by atoms with Gasteiger partial charge in [0.25, 0.3) is 0 Å². The highest BCUT2D eigenvalue weighted by molar-refractivity contribution is 5.45. The average molecular weight is 167 g/mol. The third kappa shape index (κ3) is 2.08. The Balaban J connectivity index is 2.47. The number of hydrogen-bond donors (Lipinski definition) is 1. The number of aromatic nitrogens is 2. The van der Waals surface area contributed by atoms with E-state index in [0.29, 0.717) is 13.0 Å². The minimum absolute atomic E-state index is 0.653. The minimum Gasteiger partial charge on any atom is -0.358 e. The molecule has 0 saturated carbocycles. The van der Waals surface area contributed by atoms with Gasteiger partial charge in [-0.1, -0.05) is 0 Å². The van der Waals surface area contributed by atoms with E-state index in [9.17, 15) is 4.79 Å². The molecule has 66 valence electrons. The Hall–Kier alpha value is -1.32. The quantitative estimate of drug-likeness (QED) is 0.507. The summed E-state index contributed by atoms with van der Waals surface area (Å²) >= 11 is 0. The molecule has 0 saturated heterocycles. The van der Waals surface area contributed by atoms with E-state index < -0.39 is 0 Å². The molecular formula is C8H13N3O. The maximum absolute atomic E-state index is 9.93. The van der Waals surface area contributed by atoms with Crippen molar-refractivity contribution in [1.82, 2.24) is 14.9 Å². The van der Waals surface area contributed by atoms with E-state index >= 15 is 0 Å². The van der Waals surface area contributed by atoms with E-state index in [0.717, 1.165) is 17.9 Å². The molecule has 0 aliphatic rings. The third-order valence-electron chi connectivity index (χ3n) is 1.77. The zero-order valence-electron chi connectivity index (χ0n) is 7.37. The van der Waals surface area contributed by atoms with Crippen LogP contribution in [0.4, 0.5) is 0 Å². The summed E-state index contributed by atoms with van der Waals surface area (Å²) in [5.74, 6) is 0.996. The fourth-order valence-electron chi connectivity index (χ4n) is 1.01. The summed E-state index contributed by atoms with van der Waals surface area (Å²) in [6.45, 7) is 2.61. The van der Waals surface area contributed by atoms with Gasteiger partial charge in [-0.15, -0.1) is 0 Å². The molecule has 0 fully saturated rings. The van der Waals surface area contributed by atoms with Crippen molar-refractivity contribution < 1.29 is 4.79 Å². The lowest BCUT2D eigenvalue weighted by Crippen LogP contribution is -2.14. The highest BCUT2D eigenvalue weighted by atomic mass is 16.1. The molecule has 0 aliphatic heterocycles. The molecule has 1 amide bonds. The van der Waals surface area contributed by atoms with Crippen molar-refractivity contribution in [3.63, 3.8) is 0 Å². The summed E-state index contributed by atoms with van der Waals surface area (Å²) in [7, 11) is 1.96. The lowest BCUT2D eigenvalue weighted by Gasteiger charge is -1.93. The third-order valence-corrected chi connectivity index (χ3v) is 1.77. The Labute approximate surface area is 71.6 Å². The standard InChI is InChI=1S/C8H13N3O/c1-7-10-8(5-11(7)2)3-4-9-6-12/h5-6H,3-4H2,1-2H3,(H,9,12). The summed E-state index contributed by atoms with van der Waals surface area (Å²) in [6.07, 6.45) is 3.47. The van der Waals surface area contributed by atoms with Crippen LogP contribution < -0.4 is 5.32 Å². The van der Waals surface area contributed by atoms with Crippen molar-refractivity contribution in [3.8, 4) is 0 Å². The summed E-state index contributed by atoms with van der Waals surface area (Å²) < 4.78 is 1.97. The first-order chi connectivity index (χ1) is 5.74. The predicted molar refractivity (Wildman–Crippen MR) is 45.7 cm³/mol. The van der Waals surface area contributed by atoms with Crippen LogP contribution >= 0.6 is 0 Å². The molecular weight excluding hydrogens is 154 g/mol. The molecule has 1 aromatic rings. The van der Waals surface area contributed by atoms with Crippen LogP contribution in [0.2, 0.25) is 0 Å². The fourth-order valence-corrected chi connectivity index (χ4v) is 1.01. The molecule has 1 N–H and O–H groups in total. The second kappa shape index (κ2) is 3.90. The van der Waals surface area contributed by atoms with Gasteiger partial charge in [-0.3, -0.25) is 4.79 Å². The van der Waals surface area contributed by atoms with Crippen LogP contribution in [-0.4, -0.2) is 22.5 Å². The SMILES string of the molecule is Cc1nc(CCNC=O)cn1C. The van der Waals surface area contributed by atoms with Crippen LogP contribution in [0.25, 0.3) is 0 Å². The van der Waals surface area contributed by atoms with Gasteiger partial charge in [-0.25, -0.2) is 4.98 Å². The molecule has 0 radical (unpaired) electrons. The van der Waals surface area contributed by atoms with Crippen molar-refractivity contribution in [3.05, 3.63) is 17.7 Å². The normalized spacial score (nSPS) is 9.83. The summed E-state index contributed by atoms with van der Waals surface area (Å²) in [5, 5.41) is 2.60. The maximum atomic E-state index is 9.93. The molecule has 1 heterocycles. The predicted octanol–water partition coefficient (Wildman–Crippen LogP) is 0.0170. The molecule has 0 aromatic carbocycles. The second-order valence-corrected chi connectivity index (χ2v) is 2.71. The minimum atomic E-state index is 0.653. The Bertz CT molecular complexity index is 248. The average Bonchev–Trinajstić information content (AvgIpc) is 2.32. The topological polar surface area (TPSA) is 46.9 Å². The van der Waals surface area contributed by atoms with Gasteiger partial charge in [0.2, 0.25) is 6.41 Å². The van der Waals surface area contributed by atoms with Crippen molar-refractivity contribution in [1.29, 1.82) is 0 Å². The lowest BCUT2D eigenvalue weighted by molar-refractivity contribution is -0.109. The Kier molecular flexibility index (Phi) is 2.85. The number of rotatable bonds is 4. The van der Waals surface area contributed by atoms with E-state index in [2.05, 4.69) is 10.3 Å². The molecule has 0 bridgehead atoms. The fraction of sp³-hybridized carbons (Fsp3) is 0.500. The highest BCUT2D eigenvalue weighted by Gasteiger charge is 1.99. The number of carbonyl (C=O) groups excluding carboxylic acids is 1.